The number of hydrogen-bond acceptors (Lipinski definition) is 9. The molecule has 0 unspecified atom stereocenters. The van der Waals surface area contributed by atoms with Gasteiger partial charge < -0.3 is 14.2 Å². The first kappa shape index (κ1) is 28.2. The monoisotopic (exact) mass is 562 g/mol. The highest BCUT2D eigenvalue weighted by Crippen LogP contribution is 2.36. The van der Waals surface area contributed by atoms with Crippen molar-refractivity contribution in [2.45, 2.75) is 4.90 Å². The van der Waals surface area contributed by atoms with Gasteiger partial charge in [-0.05, 0) is 30.3 Å². The van der Waals surface area contributed by atoms with E-state index < -0.39 is 27.4 Å². The van der Waals surface area contributed by atoms with E-state index in [0.29, 0.717) is 11.3 Å². The van der Waals surface area contributed by atoms with E-state index in [-0.39, 0.29) is 32.8 Å². The van der Waals surface area contributed by atoms with E-state index in [4.69, 9.17) is 25.8 Å². The summed E-state index contributed by atoms with van der Waals surface area (Å²) in [6.45, 7) is -0.709. The molecule has 1 N–H and O–H groups in total. The Morgan fingerprint density at radius 1 is 1.03 bits per heavy atom. The molecule has 0 fully saturated rings. The molecule has 0 aromatic heterocycles. The number of halogens is 1. The molecular formula is C24H23ClN4O8S. The van der Waals surface area contributed by atoms with Crippen molar-refractivity contribution in [1.82, 2.24) is 5.43 Å². The second-order valence-corrected chi connectivity index (χ2v) is 9.79. The molecular weight excluding hydrogens is 540 g/mol. The summed E-state index contributed by atoms with van der Waals surface area (Å²) in [5.41, 5.74) is 2.44. The average molecular weight is 563 g/mol. The summed E-state index contributed by atoms with van der Waals surface area (Å²) in [4.78, 5) is 23.0. The quantitative estimate of drug-likeness (QED) is 0.211. The molecule has 0 spiro atoms. The SMILES string of the molecule is COc1ccc(S(=O)(=O)N(CC(=O)N/N=C\c2cccc([N+](=O)[O-])c2)c2cc(Cl)ccc2OC)cc1OC. The molecule has 0 aliphatic carbocycles. The Morgan fingerprint density at radius 3 is 2.37 bits per heavy atom. The van der Waals surface area contributed by atoms with Crippen molar-refractivity contribution < 1.29 is 32.3 Å². The van der Waals surface area contributed by atoms with Crippen LogP contribution in [0.25, 0.3) is 0 Å². The van der Waals surface area contributed by atoms with Crippen LogP contribution >= 0.6 is 11.6 Å². The summed E-state index contributed by atoms with van der Waals surface area (Å²) in [5, 5.41) is 14.9. The van der Waals surface area contributed by atoms with Gasteiger partial charge in [-0.1, -0.05) is 23.7 Å². The summed E-state index contributed by atoms with van der Waals surface area (Å²) in [7, 11) is -0.262. The maximum atomic E-state index is 13.8. The van der Waals surface area contributed by atoms with E-state index in [1.165, 1.54) is 82.1 Å². The Kier molecular flexibility index (Phi) is 9.10. The van der Waals surface area contributed by atoms with Crippen molar-refractivity contribution in [1.29, 1.82) is 0 Å². The molecule has 0 saturated heterocycles. The largest absolute Gasteiger partial charge is 0.495 e. The third-order valence-corrected chi connectivity index (χ3v) is 7.11. The second-order valence-electron chi connectivity index (χ2n) is 7.49. The van der Waals surface area contributed by atoms with Crippen LogP contribution in [0.3, 0.4) is 0 Å². The van der Waals surface area contributed by atoms with Crippen molar-refractivity contribution in [3.05, 3.63) is 81.4 Å². The van der Waals surface area contributed by atoms with Crippen LogP contribution in [0.2, 0.25) is 5.02 Å². The van der Waals surface area contributed by atoms with Crippen LogP contribution < -0.4 is 23.9 Å². The number of nitrogens with one attached hydrogen (secondary N) is 1. The van der Waals surface area contributed by atoms with E-state index >= 15 is 0 Å². The number of carbonyl (C=O) groups is 1. The molecule has 14 heteroatoms. The lowest BCUT2D eigenvalue weighted by Gasteiger charge is -2.25. The van der Waals surface area contributed by atoms with Crippen molar-refractivity contribution >= 4 is 45.1 Å². The van der Waals surface area contributed by atoms with Gasteiger partial charge in [-0.15, -0.1) is 0 Å². The molecule has 200 valence electrons. The lowest BCUT2D eigenvalue weighted by atomic mass is 10.2. The molecule has 3 rings (SSSR count). The van der Waals surface area contributed by atoms with Crippen LogP contribution in [-0.2, 0) is 14.8 Å². The minimum Gasteiger partial charge on any atom is -0.495 e. The zero-order valence-corrected chi connectivity index (χ0v) is 22.0. The van der Waals surface area contributed by atoms with Crippen molar-refractivity contribution in [3.8, 4) is 17.2 Å². The van der Waals surface area contributed by atoms with Gasteiger partial charge in [-0.25, -0.2) is 13.8 Å². The maximum absolute atomic E-state index is 13.8. The molecule has 0 saturated carbocycles. The number of sulfonamides is 1. The number of methoxy groups -OCH3 is 3. The average Bonchev–Trinajstić information content (AvgIpc) is 2.91. The van der Waals surface area contributed by atoms with Gasteiger partial charge in [0.15, 0.2) is 11.5 Å². The molecule has 0 atom stereocenters. The molecule has 0 aliphatic rings. The first-order chi connectivity index (χ1) is 18.1. The van der Waals surface area contributed by atoms with Crippen molar-refractivity contribution in [2.75, 3.05) is 32.2 Å². The number of nitro benzene ring substituents is 1. The lowest BCUT2D eigenvalue weighted by Crippen LogP contribution is -2.39. The molecule has 38 heavy (non-hydrogen) atoms. The van der Waals surface area contributed by atoms with Gasteiger partial charge in [0.2, 0.25) is 0 Å². The fourth-order valence-corrected chi connectivity index (χ4v) is 4.93. The Morgan fingerprint density at radius 2 is 1.71 bits per heavy atom. The molecule has 0 aliphatic heterocycles. The highest BCUT2D eigenvalue weighted by Gasteiger charge is 2.30. The third kappa shape index (κ3) is 6.49. The van der Waals surface area contributed by atoms with E-state index in [1.807, 2.05) is 0 Å². The molecule has 0 heterocycles. The number of ether oxygens (including phenoxy) is 3. The molecule has 0 bridgehead atoms. The minimum absolute atomic E-state index is 0.00704. The third-order valence-electron chi connectivity index (χ3n) is 5.12. The minimum atomic E-state index is -4.38. The van der Waals surface area contributed by atoms with E-state index in [0.717, 1.165) is 4.31 Å². The lowest BCUT2D eigenvalue weighted by molar-refractivity contribution is -0.384. The van der Waals surface area contributed by atoms with E-state index in [2.05, 4.69) is 10.5 Å². The van der Waals surface area contributed by atoms with E-state index in [9.17, 15) is 23.3 Å². The van der Waals surface area contributed by atoms with Crippen LogP contribution in [-0.4, -0.2) is 53.3 Å². The number of carbonyl (C=O) groups excluding carboxylic acids is 1. The Labute approximate surface area is 223 Å². The highest BCUT2D eigenvalue weighted by molar-refractivity contribution is 7.92. The zero-order valence-electron chi connectivity index (χ0n) is 20.5. The normalized spacial score (nSPS) is 11.2. The first-order valence-corrected chi connectivity index (χ1v) is 12.6. The number of nitro groups is 1. The highest BCUT2D eigenvalue weighted by atomic mass is 35.5. The Hall–Kier alpha value is -4.36. The topological polar surface area (TPSA) is 150 Å². The van der Waals surface area contributed by atoms with Crippen LogP contribution in [0.4, 0.5) is 11.4 Å². The van der Waals surface area contributed by atoms with Crippen LogP contribution in [0, 0.1) is 10.1 Å². The van der Waals surface area contributed by atoms with Crippen LogP contribution in [0.15, 0.2) is 70.7 Å². The van der Waals surface area contributed by atoms with Gasteiger partial charge >= 0.3 is 0 Å². The predicted molar refractivity (Wildman–Crippen MR) is 141 cm³/mol. The molecule has 0 radical (unpaired) electrons. The predicted octanol–water partition coefficient (Wildman–Crippen LogP) is 3.62. The smallest absolute Gasteiger partial charge is 0.270 e. The fraction of sp³-hybridized carbons (Fsp3) is 0.167. The Balaban J connectivity index is 1.96. The Bertz CT molecular complexity index is 1480. The first-order valence-electron chi connectivity index (χ1n) is 10.8. The van der Waals surface area contributed by atoms with Gasteiger partial charge in [0.25, 0.3) is 21.6 Å². The van der Waals surface area contributed by atoms with Gasteiger partial charge in [-0.3, -0.25) is 19.2 Å². The molecule has 3 aromatic carbocycles. The summed E-state index contributed by atoms with van der Waals surface area (Å²) in [5.74, 6) is -0.187. The molecule has 3 aromatic rings. The summed E-state index contributed by atoms with van der Waals surface area (Å²) < 4.78 is 44.1. The summed E-state index contributed by atoms with van der Waals surface area (Å²) >= 11 is 6.14. The number of anilines is 1. The summed E-state index contributed by atoms with van der Waals surface area (Å²) in [6.07, 6.45) is 1.19. The number of hydrogen-bond donors (Lipinski definition) is 1. The fourth-order valence-electron chi connectivity index (χ4n) is 3.33. The number of rotatable bonds is 11. The zero-order chi connectivity index (χ0) is 27.9. The number of hydrazone groups is 1. The number of amides is 1. The number of benzene rings is 3. The second kappa shape index (κ2) is 12.3. The van der Waals surface area contributed by atoms with Gasteiger partial charge in [-0.2, -0.15) is 5.10 Å². The van der Waals surface area contributed by atoms with Gasteiger partial charge in [0, 0.05) is 28.8 Å². The number of non-ortho nitro benzene ring substituents is 1. The maximum Gasteiger partial charge on any atom is 0.270 e. The summed E-state index contributed by atoms with van der Waals surface area (Å²) in [6, 6.07) is 13.9. The van der Waals surface area contributed by atoms with Gasteiger partial charge in [0.05, 0.1) is 43.1 Å². The van der Waals surface area contributed by atoms with Crippen molar-refractivity contribution in [2.24, 2.45) is 5.10 Å². The standard InChI is InChI=1S/C24H23ClN4O8S/c1-35-21-9-7-17(25)12-20(21)28(38(33,34)19-8-10-22(36-2)23(13-19)37-3)15-24(30)27-26-14-16-5-4-6-18(11-16)29(31)32/h4-14H,15H2,1-3H3,(H,27,30)/b26-14-. The van der Waals surface area contributed by atoms with Gasteiger partial charge in [0.1, 0.15) is 12.3 Å². The molecule has 1 amide bonds. The van der Waals surface area contributed by atoms with Crippen molar-refractivity contribution in [3.63, 3.8) is 0 Å². The van der Waals surface area contributed by atoms with E-state index in [1.54, 1.807) is 6.07 Å². The van der Waals surface area contributed by atoms with Crippen LogP contribution in [0.1, 0.15) is 5.56 Å². The van der Waals surface area contributed by atoms with Crippen LogP contribution in [0.5, 0.6) is 17.2 Å². The number of nitrogens with zero attached hydrogens (tertiary/aromatic N) is 3. The molecule has 12 nitrogen and oxygen atoms in total.